The van der Waals surface area contributed by atoms with Crippen LogP contribution in [0.2, 0.25) is 0 Å². The Morgan fingerprint density at radius 1 is 1.23 bits per heavy atom. The zero-order valence-electron chi connectivity index (χ0n) is 13.8. The van der Waals surface area contributed by atoms with Gasteiger partial charge in [0, 0.05) is 18.6 Å². The van der Waals surface area contributed by atoms with Crippen molar-refractivity contribution in [2.75, 3.05) is 19.6 Å². The van der Waals surface area contributed by atoms with Crippen LogP contribution in [0.15, 0.2) is 22.8 Å². The lowest BCUT2D eigenvalue weighted by atomic mass is 9.92. The van der Waals surface area contributed by atoms with E-state index in [9.17, 15) is 5.11 Å². The molecule has 22 heavy (non-hydrogen) atoms. The Balaban J connectivity index is 1.42. The van der Waals surface area contributed by atoms with Crippen molar-refractivity contribution in [3.63, 3.8) is 0 Å². The van der Waals surface area contributed by atoms with E-state index in [0.29, 0.717) is 18.3 Å². The highest BCUT2D eigenvalue weighted by atomic mass is 16.4. The fraction of sp³-hybridized carbons (Fsp3) is 0.778. The molecule has 1 aliphatic carbocycles. The van der Waals surface area contributed by atoms with Gasteiger partial charge in [0.15, 0.2) is 0 Å². The topological polar surface area (TPSA) is 48.6 Å². The van der Waals surface area contributed by atoms with Crippen molar-refractivity contribution in [1.82, 2.24) is 10.2 Å². The molecule has 1 aromatic heterocycles. The summed E-state index contributed by atoms with van der Waals surface area (Å²) < 4.78 is 5.34. The second-order valence-electron chi connectivity index (χ2n) is 7.23. The van der Waals surface area contributed by atoms with Gasteiger partial charge in [-0.15, -0.1) is 0 Å². The molecular weight excluding hydrogens is 276 g/mol. The predicted octanol–water partition coefficient (Wildman–Crippen LogP) is 2.87. The third kappa shape index (κ3) is 3.92. The third-order valence-corrected chi connectivity index (χ3v) is 5.41. The number of furan rings is 1. The molecule has 2 N–H and O–H groups in total. The molecule has 4 heteroatoms. The first-order valence-electron chi connectivity index (χ1n) is 8.89. The van der Waals surface area contributed by atoms with Gasteiger partial charge in [0.2, 0.25) is 0 Å². The second kappa shape index (κ2) is 7.16. The Kier molecular flexibility index (Phi) is 5.21. The molecule has 1 aromatic rings. The molecule has 1 saturated carbocycles. The maximum Gasteiger partial charge on any atom is 0.136 e. The van der Waals surface area contributed by atoms with Gasteiger partial charge >= 0.3 is 0 Å². The van der Waals surface area contributed by atoms with Gasteiger partial charge in [-0.3, -0.25) is 0 Å². The SMILES string of the molecule is CC(O)(CNC1CCN(C2CCCCC2)CC1)c1ccco1. The van der Waals surface area contributed by atoms with Crippen LogP contribution in [0.25, 0.3) is 0 Å². The van der Waals surface area contributed by atoms with E-state index in [4.69, 9.17) is 4.42 Å². The summed E-state index contributed by atoms with van der Waals surface area (Å²) in [5.41, 5.74) is -0.927. The number of likely N-dealkylation sites (tertiary alicyclic amines) is 1. The molecule has 124 valence electrons. The Labute approximate surface area is 133 Å². The summed E-state index contributed by atoms with van der Waals surface area (Å²) in [6.07, 6.45) is 11.0. The van der Waals surface area contributed by atoms with Crippen LogP contribution in [0, 0.1) is 0 Å². The summed E-state index contributed by atoms with van der Waals surface area (Å²) >= 11 is 0. The van der Waals surface area contributed by atoms with E-state index in [-0.39, 0.29) is 0 Å². The summed E-state index contributed by atoms with van der Waals surface area (Å²) in [5, 5.41) is 14.0. The lowest BCUT2D eigenvalue weighted by Crippen LogP contribution is -2.49. The van der Waals surface area contributed by atoms with Crippen LogP contribution in [0.1, 0.15) is 57.6 Å². The molecule has 1 unspecified atom stereocenters. The van der Waals surface area contributed by atoms with E-state index in [2.05, 4.69) is 10.2 Å². The quantitative estimate of drug-likeness (QED) is 0.878. The Morgan fingerprint density at radius 3 is 2.59 bits per heavy atom. The minimum atomic E-state index is -0.927. The largest absolute Gasteiger partial charge is 0.466 e. The van der Waals surface area contributed by atoms with Gasteiger partial charge in [0.1, 0.15) is 11.4 Å². The predicted molar refractivity (Wildman–Crippen MR) is 87.7 cm³/mol. The molecule has 3 rings (SSSR count). The van der Waals surface area contributed by atoms with Gasteiger partial charge in [-0.1, -0.05) is 19.3 Å². The van der Waals surface area contributed by atoms with Gasteiger partial charge in [-0.2, -0.15) is 0 Å². The molecule has 2 aliphatic rings. The molecule has 0 aromatic carbocycles. The van der Waals surface area contributed by atoms with Crippen molar-refractivity contribution in [3.8, 4) is 0 Å². The smallest absolute Gasteiger partial charge is 0.136 e. The number of piperidine rings is 1. The van der Waals surface area contributed by atoms with E-state index in [1.807, 2.05) is 19.1 Å². The monoisotopic (exact) mass is 306 g/mol. The molecule has 4 nitrogen and oxygen atoms in total. The summed E-state index contributed by atoms with van der Waals surface area (Å²) in [5.74, 6) is 0.639. The van der Waals surface area contributed by atoms with Crippen molar-refractivity contribution < 1.29 is 9.52 Å². The number of nitrogens with one attached hydrogen (secondary N) is 1. The Morgan fingerprint density at radius 2 is 1.95 bits per heavy atom. The van der Waals surface area contributed by atoms with Gasteiger partial charge in [0.25, 0.3) is 0 Å². The van der Waals surface area contributed by atoms with E-state index < -0.39 is 5.60 Å². The fourth-order valence-electron chi connectivity index (χ4n) is 3.93. The van der Waals surface area contributed by atoms with Crippen LogP contribution < -0.4 is 5.32 Å². The molecule has 1 saturated heterocycles. The lowest BCUT2D eigenvalue weighted by Gasteiger charge is -2.40. The van der Waals surface area contributed by atoms with Crippen molar-refractivity contribution in [3.05, 3.63) is 24.2 Å². The van der Waals surface area contributed by atoms with E-state index in [1.165, 1.54) is 58.0 Å². The Bertz CT molecular complexity index is 430. The molecule has 1 atom stereocenters. The first-order valence-corrected chi connectivity index (χ1v) is 8.89. The van der Waals surface area contributed by atoms with Crippen molar-refractivity contribution in [1.29, 1.82) is 0 Å². The summed E-state index contributed by atoms with van der Waals surface area (Å²) in [6.45, 7) is 4.76. The molecule has 2 fully saturated rings. The average molecular weight is 306 g/mol. The highest BCUT2D eigenvalue weighted by Crippen LogP contribution is 2.26. The lowest BCUT2D eigenvalue weighted by molar-refractivity contribution is 0.0271. The van der Waals surface area contributed by atoms with Gasteiger partial charge in [-0.05, 0) is 57.8 Å². The number of rotatable bonds is 5. The molecule has 1 aliphatic heterocycles. The fourth-order valence-corrected chi connectivity index (χ4v) is 3.93. The van der Waals surface area contributed by atoms with E-state index in [0.717, 1.165) is 6.04 Å². The highest BCUT2D eigenvalue weighted by Gasteiger charge is 2.29. The first-order chi connectivity index (χ1) is 10.6. The minimum absolute atomic E-state index is 0.515. The number of nitrogens with zero attached hydrogens (tertiary/aromatic N) is 1. The number of aliphatic hydroxyl groups is 1. The maximum absolute atomic E-state index is 10.5. The first kappa shape index (κ1) is 16.0. The average Bonchev–Trinajstić information content (AvgIpc) is 3.10. The number of hydrogen-bond donors (Lipinski definition) is 2. The van der Waals surface area contributed by atoms with Crippen LogP contribution in [0.3, 0.4) is 0 Å². The molecular formula is C18H30N2O2. The minimum Gasteiger partial charge on any atom is -0.466 e. The normalized spacial score (nSPS) is 25.2. The summed E-state index contributed by atoms with van der Waals surface area (Å²) in [7, 11) is 0. The zero-order valence-corrected chi connectivity index (χ0v) is 13.8. The van der Waals surface area contributed by atoms with E-state index >= 15 is 0 Å². The molecule has 0 bridgehead atoms. The van der Waals surface area contributed by atoms with Crippen LogP contribution in [0.5, 0.6) is 0 Å². The van der Waals surface area contributed by atoms with Crippen molar-refractivity contribution >= 4 is 0 Å². The molecule has 0 spiro atoms. The van der Waals surface area contributed by atoms with Crippen LogP contribution >= 0.6 is 0 Å². The summed E-state index contributed by atoms with van der Waals surface area (Å²) in [6, 6.07) is 5.02. The number of hydrogen-bond acceptors (Lipinski definition) is 4. The van der Waals surface area contributed by atoms with Crippen molar-refractivity contribution in [2.45, 2.75) is 69.6 Å². The standard InChI is InChI=1S/C18H30N2O2/c1-18(21,17-8-5-13-22-17)14-19-15-9-11-20(12-10-15)16-6-3-2-4-7-16/h5,8,13,15-16,19,21H,2-4,6-7,9-12,14H2,1H3. The van der Waals surface area contributed by atoms with E-state index in [1.54, 1.807) is 6.26 Å². The molecule has 2 heterocycles. The second-order valence-corrected chi connectivity index (χ2v) is 7.23. The highest BCUT2D eigenvalue weighted by molar-refractivity contribution is 5.08. The maximum atomic E-state index is 10.5. The third-order valence-electron chi connectivity index (χ3n) is 5.41. The van der Waals surface area contributed by atoms with Crippen LogP contribution in [-0.4, -0.2) is 41.7 Å². The van der Waals surface area contributed by atoms with Crippen molar-refractivity contribution in [2.24, 2.45) is 0 Å². The van der Waals surface area contributed by atoms with Gasteiger partial charge < -0.3 is 19.7 Å². The van der Waals surface area contributed by atoms with Crippen LogP contribution in [0.4, 0.5) is 0 Å². The van der Waals surface area contributed by atoms with Gasteiger partial charge in [-0.25, -0.2) is 0 Å². The Hall–Kier alpha value is -0.840. The zero-order chi connectivity index (χ0) is 15.4. The van der Waals surface area contributed by atoms with Gasteiger partial charge in [0.05, 0.1) is 6.26 Å². The molecule has 0 radical (unpaired) electrons. The molecule has 0 amide bonds. The van der Waals surface area contributed by atoms with Crippen LogP contribution in [-0.2, 0) is 5.60 Å². The summed E-state index contributed by atoms with van der Waals surface area (Å²) in [4.78, 5) is 2.70.